The number of imidazole rings is 1. The third-order valence-electron chi connectivity index (χ3n) is 6.89. The summed E-state index contributed by atoms with van der Waals surface area (Å²) in [5.74, 6) is -10.5. The summed E-state index contributed by atoms with van der Waals surface area (Å²) < 4.78 is 0. The van der Waals surface area contributed by atoms with E-state index in [1.807, 2.05) is 0 Å². The average molecular weight is 772 g/mol. The Bertz CT molecular complexity index is 1500. The van der Waals surface area contributed by atoms with Gasteiger partial charge in [-0.05, 0) is 19.8 Å². The number of nitrogens with zero attached hydrogens (tertiary/aromatic N) is 2. The number of thiol groups is 1. The number of hydrogen-bond acceptors (Lipinski definition) is 13. The first-order valence-corrected chi connectivity index (χ1v) is 16.4. The van der Waals surface area contributed by atoms with Gasteiger partial charge in [0.25, 0.3) is 0 Å². The molecule has 7 amide bonds. The topological polar surface area (TPSA) is 411 Å². The fourth-order valence-electron chi connectivity index (χ4n) is 4.23. The molecule has 0 bridgehead atoms. The zero-order valence-electron chi connectivity index (χ0n) is 28.5. The Hall–Kier alpha value is -5.98. The lowest BCUT2D eigenvalue weighted by Gasteiger charge is -2.24. The average Bonchev–Trinajstić information content (AvgIpc) is 3.58. The highest BCUT2D eigenvalue weighted by molar-refractivity contribution is 7.80. The summed E-state index contributed by atoms with van der Waals surface area (Å²) in [5.41, 5.74) is 21.7. The Morgan fingerprint density at radius 1 is 0.811 bits per heavy atom. The highest BCUT2D eigenvalue weighted by Crippen LogP contribution is 2.05. The predicted octanol–water partition coefficient (Wildman–Crippen LogP) is -6.74. The number of aromatic nitrogens is 2. The van der Waals surface area contributed by atoms with Gasteiger partial charge in [0.1, 0.15) is 30.2 Å². The molecule has 0 radical (unpaired) electrons. The largest absolute Gasteiger partial charge is 0.481 e. The highest BCUT2D eigenvalue weighted by Gasteiger charge is 2.32. The van der Waals surface area contributed by atoms with Crippen molar-refractivity contribution < 1.29 is 53.4 Å². The summed E-state index contributed by atoms with van der Waals surface area (Å²) in [4.78, 5) is 122. The van der Waals surface area contributed by atoms with Crippen LogP contribution >= 0.6 is 12.6 Å². The maximum absolute atomic E-state index is 13.2. The fourth-order valence-corrected chi connectivity index (χ4v) is 4.48. The molecule has 53 heavy (non-hydrogen) atoms. The number of carbonyl (C=O) groups is 9. The molecular formula is C28H45N13O11S. The summed E-state index contributed by atoms with van der Waals surface area (Å²) in [7, 11) is 0. The Balaban J connectivity index is 3.07. The smallest absolute Gasteiger partial charge is 0.327 e. The Morgan fingerprint density at radius 3 is 1.91 bits per heavy atom. The normalized spacial score (nSPS) is 14.0. The van der Waals surface area contributed by atoms with E-state index >= 15 is 0 Å². The van der Waals surface area contributed by atoms with Crippen molar-refractivity contribution in [1.82, 2.24) is 41.9 Å². The van der Waals surface area contributed by atoms with Gasteiger partial charge in [-0.25, -0.2) is 9.78 Å². The van der Waals surface area contributed by atoms with Gasteiger partial charge in [0, 0.05) is 30.6 Å². The lowest BCUT2D eigenvalue weighted by Crippen LogP contribution is -2.58. The number of carbonyl (C=O) groups excluding carboxylic acids is 7. The van der Waals surface area contributed by atoms with Crippen molar-refractivity contribution in [3.63, 3.8) is 0 Å². The molecule has 6 atom stereocenters. The second-order valence-corrected chi connectivity index (χ2v) is 11.8. The van der Waals surface area contributed by atoms with Gasteiger partial charge < -0.3 is 70.0 Å². The minimum Gasteiger partial charge on any atom is -0.481 e. The Morgan fingerprint density at radius 2 is 1.38 bits per heavy atom. The van der Waals surface area contributed by atoms with Crippen LogP contribution in [0.25, 0.3) is 0 Å². The van der Waals surface area contributed by atoms with Crippen LogP contribution in [-0.4, -0.2) is 135 Å². The van der Waals surface area contributed by atoms with E-state index in [9.17, 15) is 53.4 Å². The van der Waals surface area contributed by atoms with Crippen molar-refractivity contribution in [2.45, 2.75) is 75.3 Å². The molecule has 0 aromatic carbocycles. The van der Waals surface area contributed by atoms with E-state index in [0.717, 1.165) is 0 Å². The zero-order chi connectivity index (χ0) is 40.2. The maximum atomic E-state index is 13.2. The number of aromatic amines is 1. The zero-order valence-corrected chi connectivity index (χ0v) is 29.4. The first-order valence-electron chi connectivity index (χ1n) is 15.7. The number of carboxylic acid groups (broad SMARTS) is 2. The van der Waals surface area contributed by atoms with Gasteiger partial charge in [-0.15, -0.1) is 0 Å². The highest BCUT2D eigenvalue weighted by atomic mass is 32.1. The van der Waals surface area contributed by atoms with Gasteiger partial charge in [0.05, 0.1) is 31.8 Å². The van der Waals surface area contributed by atoms with E-state index in [0.29, 0.717) is 5.69 Å². The van der Waals surface area contributed by atoms with E-state index in [4.69, 9.17) is 22.9 Å². The minimum absolute atomic E-state index is 0.0266. The van der Waals surface area contributed by atoms with Gasteiger partial charge in [0.15, 0.2) is 5.96 Å². The standard InChI is InChI=1S/C28H45N13O11S/c1-12(29)22(46)38-14(3-2-4-34-28(31)32)24(48)40-16(6-19(30)42)23(47)35-9-20(43)37-17(7-21(44)45)26(50)39-15(5-13-8-33-11-36-13)25(49)41-18(10-53)27(51)52/h8,11-12,14-18,53H,2-7,9-10,29H2,1H3,(H2,30,42)(H,33,36)(H,35,47)(H,37,43)(H,38,46)(H,39,50)(H,40,48)(H,41,49)(H,44,45)(H,51,52)(H4,31,32,34)/t12-,14-,15-,16-,17-,18-/m0/s1. The molecule has 294 valence electrons. The van der Waals surface area contributed by atoms with E-state index in [-0.39, 0.29) is 37.5 Å². The van der Waals surface area contributed by atoms with Crippen LogP contribution in [-0.2, 0) is 49.6 Å². The number of primary amides is 1. The van der Waals surface area contributed by atoms with Crippen LogP contribution in [0.4, 0.5) is 0 Å². The number of aliphatic imine (C=N–C) groups is 1. The molecular weight excluding hydrogens is 726 g/mol. The fraction of sp³-hybridized carbons (Fsp3) is 0.536. The molecule has 0 aliphatic heterocycles. The van der Waals surface area contributed by atoms with Crippen LogP contribution < -0.4 is 54.8 Å². The van der Waals surface area contributed by atoms with Crippen molar-refractivity contribution in [2.24, 2.45) is 27.9 Å². The molecule has 0 unspecified atom stereocenters. The molecule has 0 fully saturated rings. The second kappa shape index (κ2) is 22.8. The van der Waals surface area contributed by atoms with E-state index in [2.05, 4.69) is 59.5 Å². The third-order valence-corrected chi connectivity index (χ3v) is 7.26. The van der Waals surface area contributed by atoms with Crippen molar-refractivity contribution in [3.05, 3.63) is 18.2 Å². The summed E-state index contributed by atoms with van der Waals surface area (Å²) in [6.45, 7) is 0.540. The number of carboxylic acids is 2. The molecule has 1 heterocycles. The van der Waals surface area contributed by atoms with Gasteiger partial charge in [-0.1, -0.05) is 0 Å². The minimum atomic E-state index is -1.82. The summed E-state index contributed by atoms with van der Waals surface area (Å²) in [6.07, 6.45) is 0.771. The molecule has 0 aliphatic carbocycles. The number of guanidine groups is 1. The lowest BCUT2D eigenvalue weighted by molar-refractivity contribution is -0.142. The molecule has 1 aromatic rings. The van der Waals surface area contributed by atoms with Crippen LogP contribution in [0.3, 0.4) is 0 Å². The van der Waals surface area contributed by atoms with Gasteiger partial charge in [-0.2, -0.15) is 12.6 Å². The van der Waals surface area contributed by atoms with E-state index in [1.54, 1.807) is 0 Å². The van der Waals surface area contributed by atoms with Crippen molar-refractivity contribution >= 4 is 71.9 Å². The van der Waals surface area contributed by atoms with E-state index < -0.39 is 109 Å². The molecule has 0 saturated carbocycles. The molecule has 1 rings (SSSR count). The molecule has 1 aromatic heterocycles. The van der Waals surface area contributed by atoms with Crippen molar-refractivity contribution in [3.8, 4) is 0 Å². The molecule has 17 N–H and O–H groups in total. The first-order chi connectivity index (χ1) is 24.8. The monoisotopic (exact) mass is 771 g/mol. The predicted molar refractivity (Wildman–Crippen MR) is 186 cm³/mol. The number of nitrogens with one attached hydrogen (secondary N) is 7. The van der Waals surface area contributed by atoms with Crippen LogP contribution in [0.2, 0.25) is 0 Å². The lowest BCUT2D eigenvalue weighted by atomic mass is 10.1. The first kappa shape index (κ1) is 45.0. The molecule has 25 heteroatoms. The summed E-state index contributed by atoms with van der Waals surface area (Å²) >= 11 is 3.88. The van der Waals surface area contributed by atoms with Crippen molar-refractivity contribution in [2.75, 3.05) is 18.8 Å². The summed E-state index contributed by atoms with van der Waals surface area (Å²) in [5, 5.41) is 32.1. The Kier molecular flexibility index (Phi) is 19.3. The number of H-pyrrole nitrogens is 1. The van der Waals surface area contributed by atoms with Crippen LogP contribution in [0.5, 0.6) is 0 Å². The molecule has 0 spiro atoms. The van der Waals surface area contributed by atoms with Crippen molar-refractivity contribution in [1.29, 1.82) is 0 Å². The van der Waals surface area contributed by atoms with Crippen LogP contribution in [0, 0.1) is 0 Å². The van der Waals surface area contributed by atoms with Crippen LogP contribution in [0.1, 0.15) is 38.3 Å². The molecule has 0 aliphatic rings. The quantitative estimate of drug-likeness (QED) is 0.0201. The number of hydrogen-bond donors (Lipinski definition) is 14. The number of rotatable bonds is 24. The number of aliphatic carboxylic acids is 2. The van der Waals surface area contributed by atoms with Gasteiger partial charge in [0.2, 0.25) is 41.4 Å². The second-order valence-electron chi connectivity index (χ2n) is 11.4. The maximum Gasteiger partial charge on any atom is 0.327 e. The Labute approximate surface area is 307 Å². The van der Waals surface area contributed by atoms with Crippen LogP contribution in [0.15, 0.2) is 17.5 Å². The number of nitrogens with two attached hydrogens (primary N) is 4. The summed E-state index contributed by atoms with van der Waals surface area (Å²) in [6, 6.07) is -8.68. The molecule has 0 saturated heterocycles. The van der Waals surface area contributed by atoms with Gasteiger partial charge in [-0.3, -0.25) is 43.3 Å². The molecule has 24 nitrogen and oxygen atoms in total. The van der Waals surface area contributed by atoms with Gasteiger partial charge >= 0.3 is 11.9 Å². The SMILES string of the molecule is C[C@H](N)C(=O)N[C@@H](CCCN=C(N)N)C(=O)N[C@@H](CC(N)=O)C(=O)NCC(=O)N[C@@H](CC(=O)O)C(=O)N[C@@H](Cc1cnc[nH]1)C(=O)N[C@@H](CS)C(=O)O. The van der Waals surface area contributed by atoms with E-state index in [1.165, 1.54) is 19.4 Å². The third kappa shape index (κ3) is 17.7. The number of amides is 7.